The highest BCUT2D eigenvalue weighted by Crippen LogP contribution is 2.20. The lowest BCUT2D eigenvalue weighted by Crippen LogP contribution is -2.56. The van der Waals surface area contributed by atoms with E-state index in [9.17, 15) is 5.11 Å². The first-order valence-corrected chi connectivity index (χ1v) is 9.40. The zero-order valence-electron chi connectivity index (χ0n) is 13.7. The highest BCUT2D eigenvalue weighted by atomic mass is 32.2. The van der Waals surface area contributed by atoms with Crippen molar-refractivity contribution in [3.8, 4) is 0 Å². The zero-order valence-corrected chi connectivity index (χ0v) is 14.5. The summed E-state index contributed by atoms with van der Waals surface area (Å²) in [6, 6.07) is 0.273. The number of nitrogens with zero attached hydrogens (tertiary/aromatic N) is 4. The van der Waals surface area contributed by atoms with Gasteiger partial charge in [0, 0.05) is 56.7 Å². The molecule has 0 aliphatic carbocycles. The Labute approximate surface area is 142 Å². The lowest BCUT2D eigenvalue weighted by Gasteiger charge is -2.43. The molecule has 1 aromatic rings. The first-order valence-electron chi connectivity index (χ1n) is 8.42. The molecule has 0 radical (unpaired) electrons. The van der Waals surface area contributed by atoms with Gasteiger partial charge in [0.2, 0.25) is 0 Å². The molecule has 3 heterocycles. The van der Waals surface area contributed by atoms with Gasteiger partial charge in [-0.1, -0.05) is 18.7 Å². The first-order chi connectivity index (χ1) is 11.3. The topological polar surface area (TPSA) is 61.7 Å². The molecular weight excluding hydrogens is 312 g/mol. The Hall–Kier alpha value is -0.730. The van der Waals surface area contributed by atoms with E-state index in [1.165, 1.54) is 0 Å². The monoisotopic (exact) mass is 338 g/mol. The van der Waals surface area contributed by atoms with Gasteiger partial charge in [0.05, 0.1) is 19.3 Å². The Morgan fingerprint density at radius 2 is 2.00 bits per heavy atom. The van der Waals surface area contributed by atoms with Crippen molar-refractivity contribution in [3.05, 3.63) is 18.0 Å². The van der Waals surface area contributed by atoms with E-state index in [2.05, 4.69) is 26.7 Å². The zero-order chi connectivity index (χ0) is 16.1. The summed E-state index contributed by atoms with van der Waals surface area (Å²) in [5, 5.41) is 11.4. The average molecular weight is 338 g/mol. The van der Waals surface area contributed by atoms with Crippen LogP contribution in [0.1, 0.15) is 18.9 Å². The molecule has 2 saturated heterocycles. The van der Waals surface area contributed by atoms with Crippen LogP contribution in [0.25, 0.3) is 0 Å². The molecule has 0 spiro atoms. The number of morpholine rings is 1. The van der Waals surface area contributed by atoms with Crippen LogP contribution in [-0.4, -0.2) is 82.2 Å². The van der Waals surface area contributed by atoms with E-state index in [0.717, 1.165) is 62.3 Å². The van der Waals surface area contributed by atoms with Gasteiger partial charge in [-0.2, -0.15) is 0 Å². The largest absolute Gasteiger partial charge is 0.390 e. The number of likely N-dealkylation sites (tertiary alicyclic amines) is 1. The molecule has 128 valence electrons. The maximum absolute atomic E-state index is 10.5. The van der Waals surface area contributed by atoms with Crippen molar-refractivity contribution in [1.29, 1.82) is 0 Å². The summed E-state index contributed by atoms with van der Waals surface area (Å²) >= 11 is 1.65. The van der Waals surface area contributed by atoms with Crippen LogP contribution < -0.4 is 0 Å². The van der Waals surface area contributed by atoms with Gasteiger partial charge in [-0.3, -0.25) is 9.80 Å². The van der Waals surface area contributed by atoms with Crippen LogP contribution in [0.4, 0.5) is 0 Å². The predicted octanol–water partition coefficient (Wildman–Crippen LogP) is 0.856. The molecule has 2 aliphatic heterocycles. The molecule has 7 heteroatoms. The smallest absolute Gasteiger partial charge is 0.187 e. The number of aliphatic hydroxyl groups is 1. The standard InChI is InChI=1S/C16H26N4O2S/c1-2-23-16-17-9-13(10-18-16)11-19-4-3-14(15(21)12-19)20-5-7-22-8-6-20/h9-10,14-15,21H,2-8,11-12H2,1H3/t14-,15-/m0/s1. The van der Waals surface area contributed by atoms with Gasteiger partial charge >= 0.3 is 0 Å². The van der Waals surface area contributed by atoms with Crippen molar-refractivity contribution in [2.45, 2.75) is 37.2 Å². The maximum atomic E-state index is 10.5. The first kappa shape index (κ1) is 17.1. The number of rotatable bonds is 5. The maximum Gasteiger partial charge on any atom is 0.187 e. The van der Waals surface area contributed by atoms with E-state index < -0.39 is 0 Å². The van der Waals surface area contributed by atoms with Gasteiger partial charge in [0.1, 0.15) is 0 Å². The lowest BCUT2D eigenvalue weighted by molar-refractivity contribution is -0.0534. The van der Waals surface area contributed by atoms with E-state index in [-0.39, 0.29) is 12.1 Å². The number of hydrogen-bond acceptors (Lipinski definition) is 7. The van der Waals surface area contributed by atoms with Crippen LogP contribution in [0.15, 0.2) is 17.6 Å². The quantitative estimate of drug-likeness (QED) is 0.631. The molecule has 0 saturated carbocycles. The molecule has 1 N–H and O–H groups in total. The van der Waals surface area contributed by atoms with Crippen LogP contribution in [0.3, 0.4) is 0 Å². The van der Waals surface area contributed by atoms with E-state index in [1.54, 1.807) is 11.8 Å². The van der Waals surface area contributed by atoms with Crippen molar-refractivity contribution in [2.24, 2.45) is 0 Å². The van der Waals surface area contributed by atoms with Crippen LogP contribution in [0, 0.1) is 0 Å². The van der Waals surface area contributed by atoms with E-state index in [4.69, 9.17) is 4.74 Å². The summed E-state index contributed by atoms with van der Waals surface area (Å²) in [4.78, 5) is 13.4. The van der Waals surface area contributed by atoms with Gasteiger partial charge < -0.3 is 9.84 Å². The van der Waals surface area contributed by atoms with Crippen molar-refractivity contribution in [2.75, 3.05) is 45.1 Å². The van der Waals surface area contributed by atoms with Crippen LogP contribution in [0.2, 0.25) is 0 Å². The van der Waals surface area contributed by atoms with Crippen molar-refractivity contribution in [1.82, 2.24) is 19.8 Å². The number of aliphatic hydroxyl groups excluding tert-OH is 1. The molecule has 6 nitrogen and oxygen atoms in total. The lowest BCUT2D eigenvalue weighted by atomic mass is 9.99. The molecule has 0 amide bonds. The van der Waals surface area contributed by atoms with Gasteiger partial charge in [0.15, 0.2) is 5.16 Å². The van der Waals surface area contributed by atoms with Gasteiger partial charge in [-0.05, 0) is 12.2 Å². The Balaban J connectivity index is 1.51. The normalized spacial score (nSPS) is 27.2. The molecule has 2 atom stereocenters. The van der Waals surface area contributed by atoms with Gasteiger partial charge in [0.25, 0.3) is 0 Å². The molecule has 2 fully saturated rings. The summed E-state index contributed by atoms with van der Waals surface area (Å²) < 4.78 is 5.40. The minimum Gasteiger partial charge on any atom is -0.390 e. The molecule has 23 heavy (non-hydrogen) atoms. The van der Waals surface area contributed by atoms with Crippen molar-refractivity contribution in [3.63, 3.8) is 0 Å². The van der Waals surface area contributed by atoms with E-state index in [0.29, 0.717) is 6.54 Å². The minimum atomic E-state index is -0.294. The summed E-state index contributed by atoms with van der Waals surface area (Å²) in [5.41, 5.74) is 1.11. The number of β-amino-alcohol motifs (C(OH)–C–C–N with tert-alkyl or cyclic N) is 1. The fourth-order valence-electron chi connectivity index (χ4n) is 3.35. The Bertz CT molecular complexity index is 481. The highest BCUT2D eigenvalue weighted by molar-refractivity contribution is 7.99. The van der Waals surface area contributed by atoms with Crippen LogP contribution >= 0.6 is 11.8 Å². The number of piperidine rings is 1. The number of thioether (sulfide) groups is 1. The Morgan fingerprint density at radius 1 is 1.26 bits per heavy atom. The number of ether oxygens (including phenoxy) is 1. The highest BCUT2D eigenvalue weighted by Gasteiger charge is 2.32. The van der Waals surface area contributed by atoms with Crippen LogP contribution in [0.5, 0.6) is 0 Å². The fraction of sp³-hybridized carbons (Fsp3) is 0.750. The SMILES string of the molecule is CCSc1ncc(CN2CC[C@H](N3CCOCC3)[C@@H](O)C2)cn1. The van der Waals surface area contributed by atoms with Crippen molar-refractivity contribution >= 4 is 11.8 Å². The van der Waals surface area contributed by atoms with E-state index >= 15 is 0 Å². The summed E-state index contributed by atoms with van der Waals surface area (Å²) in [6.45, 7) is 8.07. The second-order valence-electron chi connectivity index (χ2n) is 6.11. The fourth-order valence-corrected chi connectivity index (χ4v) is 3.86. The molecule has 2 aliphatic rings. The number of hydrogen-bond donors (Lipinski definition) is 1. The molecule has 0 unspecified atom stereocenters. The summed E-state index contributed by atoms with van der Waals surface area (Å²) in [7, 11) is 0. The molecular formula is C16H26N4O2S. The third kappa shape index (κ3) is 4.64. The predicted molar refractivity (Wildman–Crippen MR) is 90.5 cm³/mol. The van der Waals surface area contributed by atoms with Gasteiger partial charge in [-0.25, -0.2) is 9.97 Å². The summed E-state index contributed by atoms with van der Waals surface area (Å²) in [6.07, 6.45) is 4.53. The molecule has 0 aromatic carbocycles. The average Bonchev–Trinajstić information content (AvgIpc) is 2.58. The minimum absolute atomic E-state index is 0.273. The molecule has 1 aromatic heterocycles. The second-order valence-corrected chi connectivity index (χ2v) is 7.34. The third-order valence-corrected chi connectivity index (χ3v) is 5.26. The third-order valence-electron chi connectivity index (χ3n) is 4.51. The number of aromatic nitrogens is 2. The van der Waals surface area contributed by atoms with Gasteiger partial charge in [-0.15, -0.1) is 0 Å². The van der Waals surface area contributed by atoms with Crippen molar-refractivity contribution < 1.29 is 9.84 Å². The molecule has 3 rings (SSSR count). The Kier molecular flexibility index (Phi) is 6.24. The summed E-state index contributed by atoms with van der Waals surface area (Å²) in [5.74, 6) is 0.987. The Morgan fingerprint density at radius 3 is 2.65 bits per heavy atom. The molecule has 0 bridgehead atoms. The van der Waals surface area contributed by atoms with E-state index in [1.807, 2.05) is 12.4 Å². The second kappa shape index (κ2) is 8.39. The van der Waals surface area contributed by atoms with Crippen LogP contribution in [-0.2, 0) is 11.3 Å².